The van der Waals surface area contributed by atoms with Crippen molar-refractivity contribution in [1.29, 1.82) is 0 Å². The largest absolute Gasteiger partial charge is 0.395 e. The van der Waals surface area contributed by atoms with Crippen molar-refractivity contribution in [3.63, 3.8) is 0 Å². The van der Waals surface area contributed by atoms with Crippen LogP contribution < -0.4 is 5.73 Å². The highest BCUT2D eigenvalue weighted by Gasteiger charge is 2.31. The number of nitrogens with zero attached hydrogens (tertiary/aromatic N) is 2. The van der Waals surface area contributed by atoms with Crippen LogP contribution >= 0.6 is 0 Å². The van der Waals surface area contributed by atoms with E-state index in [0.717, 1.165) is 32.1 Å². The Morgan fingerprint density at radius 2 is 1.78 bits per heavy atom. The predicted octanol–water partition coefficient (Wildman–Crippen LogP) is 0.358. The minimum Gasteiger partial charge on any atom is -0.395 e. The molecule has 2 rings (SSSR count). The average Bonchev–Trinajstić information content (AvgIpc) is 3.16. The lowest BCUT2D eigenvalue weighted by Crippen LogP contribution is -2.58. The molecule has 2 aliphatic rings. The smallest absolute Gasteiger partial charge is 0.0602 e. The second-order valence-electron chi connectivity index (χ2n) is 6.35. The van der Waals surface area contributed by atoms with Gasteiger partial charge in [-0.05, 0) is 24.7 Å². The Morgan fingerprint density at radius 1 is 1.17 bits per heavy atom. The van der Waals surface area contributed by atoms with Crippen LogP contribution in [0.4, 0.5) is 0 Å². The van der Waals surface area contributed by atoms with Crippen LogP contribution in [0.25, 0.3) is 0 Å². The van der Waals surface area contributed by atoms with Crippen LogP contribution in [0.2, 0.25) is 0 Å². The Bertz CT molecular complexity index is 247. The molecule has 4 nitrogen and oxygen atoms in total. The molecule has 0 aromatic rings. The second kappa shape index (κ2) is 6.33. The van der Waals surface area contributed by atoms with Gasteiger partial charge in [0.1, 0.15) is 0 Å². The molecule has 0 radical (unpaired) electrons. The molecule has 1 saturated carbocycles. The van der Waals surface area contributed by atoms with E-state index in [9.17, 15) is 5.11 Å². The highest BCUT2D eigenvalue weighted by molar-refractivity contribution is 4.88. The van der Waals surface area contributed by atoms with E-state index in [1.807, 2.05) is 0 Å². The topological polar surface area (TPSA) is 52.7 Å². The normalized spacial score (nSPS) is 26.5. The second-order valence-corrected chi connectivity index (χ2v) is 6.35. The van der Waals surface area contributed by atoms with Crippen LogP contribution in [0.5, 0.6) is 0 Å². The zero-order valence-electron chi connectivity index (χ0n) is 11.9. The van der Waals surface area contributed by atoms with Gasteiger partial charge in [0.15, 0.2) is 0 Å². The van der Waals surface area contributed by atoms with E-state index in [0.29, 0.717) is 5.92 Å². The first-order chi connectivity index (χ1) is 8.61. The quantitative estimate of drug-likeness (QED) is 0.719. The maximum Gasteiger partial charge on any atom is 0.0602 e. The SMILES string of the molecule is CC(C)C(N)C(CO)N1CCN(CC2CC2)CC1. The first-order valence-electron chi connectivity index (χ1n) is 7.44. The first-order valence-corrected chi connectivity index (χ1v) is 7.44. The third-order valence-corrected chi connectivity index (χ3v) is 4.49. The first kappa shape index (κ1) is 14.3. The molecule has 106 valence electrons. The van der Waals surface area contributed by atoms with Crippen molar-refractivity contribution in [3.05, 3.63) is 0 Å². The maximum atomic E-state index is 9.58. The zero-order valence-corrected chi connectivity index (χ0v) is 11.9. The third-order valence-electron chi connectivity index (χ3n) is 4.49. The van der Waals surface area contributed by atoms with Gasteiger partial charge in [-0.25, -0.2) is 0 Å². The number of rotatable bonds is 6. The summed E-state index contributed by atoms with van der Waals surface area (Å²) in [7, 11) is 0. The molecule has 4 heteroatoms. The van der Waals surface area contributed by atoms with Crippen molar-refractivity contribution in [2.75, 3.05) is 39.3 Å². The zero-order chi connectivity index (χ0) is 13.1. The number of piperazine rings is 1. The monoisotopic (exact) mass is 255 g/mol. The molecule has 0 spiro atoms. The van der Waals surface area contributed by atoms with Crippen molar-refractivity contribution in [2.45, 2.75) is 38.8 Å². The number of aliphatic hydroxyl groups is 1. The van der Waals surface area contributed by atoms with Crippen LogP contribution in [-0.4, -0.2) is 66.3 Å². The van der Waals surface area contributed by atoms with Crippen LogP contribution in [0.3, 0.4) is 0 Å². The molecule has 3 N–H and O–H groups in total. The fraction of sp³-hybridized carbons (Fsp3) is 1.00. The molecular formula is C14H29N3O. The van der Waals surface area contributed by atoms with E-state index >= 15 is 0 Å². The summed E-state index contributed by atoms with van der Waals surface area (Å²) in [6, 6.07) is 0.207. The van der Waals surface area contributed by atoms with Crippen LogP contribution in [0, 0.1) is 11.8 Å². The van der Waals surface area contributed by atoms with Gasteiger partial charge in [0.05, 0.1) is 6.61 Å². The molecule has 1 aliphatic heterocycles. The number of nitrogens with two attached hydrogens (primary N) is 1. The van der Waals surface area contributed by atoms with Gasteiger partial charge in [-0.15, -0.1) is 0 Å². The van der Waals surface area contributed by atoms with Crippen molar-refractivity contribution in [3.8, 4) is 0 Å². The van der Waals surface area contributed by atoms with Crippen molar-refractivity contribution in [1.82, 2.24) is 9.80 Å². The summed E-state index contributed by atoms with van der Waals surface area (Å²) < 4.78 is 0. The molecule has 1 saturated heterocycles. The Labute approximate surface area is 111 Å². The molecule has 2 atom stereocenters. The highest BCUT2D eigenvalue weighted by atomic mass is 16.3. The fourth-order valence-electron chi connectivity index (χ4n) is 2.87. The van der Waals surface area contributed by atoms with Gasteiger partial charge < -0.3 is 15.7 Å². The summed E-state index contributed by atoms with van der Waals surface area (Å²) in [6.07, 6.45) is 2.86. The van der Waals surface area contributed by atoms with Crippen molar-refractivity contribution in [2.24, 2.45) is 17.6 Å². The lowest BCUT2D eigenvalue weighted by molar-refractivity contribution is 0.0444. The van der Waals surface area contributed by atoms with E-state index in [2.05, 4.69) is 23.6 Å². The summed E-state index contributed by atoms with van der Waals surface area (Å²) in [4.78, 5) is 4.96. The van der Waals surface area contributed by atoms with Gasteiger partial charge in [-0.3, -0.25) is 4.90 Å². The van der Waals surface area contributed by atoms with Gasteiger partial charge >= 0.3 is 0 Å². The molecular weight excluding hydrogens is 226 g/mol. The molecule has 0 bridgehead atoms. The highest BCUT2D eigenvalue weighted by Crippen LogP contribution is 2.30. The van der Waals surface area contributed by atoms with Crippen LogP contribution in [-0.2, 0) is 0 Å². The molecule has 2 fully saturated rings. The number of hydrogen-bond donors (Lipinski definition) is 2. The third kappa shape index (κ3) is 3.67. The summed E-state index contributed by atoms with van der Waals surface area (Å²) in [6.45, 7) is 10.1. The minimum absolute atomic E-state index is 0.0741. The van der Waals surface area contributed by atoms with Crippen molar-refractivity contribution >= 4 is 0 Å². The lowest BCUT2D eigenvalue weighted by Gasteiger charge is -2.41. The van der Waals surface area contributed by atoms with Crippen molar-refractivity contribution < 1.29 is 5.11 Å². The van der Waals surface area contributed by atoms with E-state index in [1.165, 1.54) is 19.4 Å². The Hall–Kier alpha value is -0.160. The number of hydrogen-bond acceptors (Lipinski definition) is 4. The van der Waals surface area contributed by atoms with E-state index in [-0.39, 0.29) is 18.7 Å². The molecule has 1 aliphatic carbocycles. The molecule has 0 amide bonds. The van der Waals surface area contributed by atoms with Gasteiger partial charge in [0.25, 0.3) is 0 Å². The average molecular weight is 255 g/mol. The van der Waals surface area contributed by atoms with E-state index in [4.69, 9.17) is 5.73 Å². The maximum absolute atomic E-state index is 9.58. The van der Waals surface area contributed by atoms with Gasteiger partial charge in [0.2, 0.25) is 0 Å². The lowest BCUT2D eigenvalue weighted by atomic mass is 9.96. The van der Waals surface area contributed by atoms with E-state index < -0.39 is 0 Å². The summed E-state index contributed by atoms with van der Waals surface area (Å²) >= 11 is 0. The summed E-state index contributed by atoms with van der Waals surface area (Å²) in [5.74, 6) is 1.40. The Kier molecular flexibility index (Phi) is 5.01. The number of aliphatic hydroxyl groups excluding tert-OH is 1. The molecule has 1 heterocycles. The molecule has 0 aromatic carbocycles. The van der Waals surface area contributed by atoms with Crippen LogP contribution in [0.15, 0.2) is 0 Å². The van der Waals surface area contributed by atoms with Gasteiger partial charge in [0, 0.05) is 44.8 Å². The summed E-state index contributed by atoms with van der Waals surface area (Å²) in [5, 5.41) is 9.58. The standard InChI is InChI=1S/C14H29N3O/c1-11(2)14(15)13(10-18)17-7-5-16(6-8-17)9-12-3-4-12/h11-14,18H,3-10,15H2,1-2H3. The van der Waals surface area contributed by atoms with Crippen LogP contribution in [0.1, 0.15) is 26.7 Å². The fourth-order valence-corrected chi connectivity index (χ4v) is 2.87. The summed E-state index contributed by atoms with van der Waals surface area (Å²) in [5.41, 5.74) is 6.21. The minimum atomic E-state index is 0.0741. The van der Waals surface area contributed by atoms with E-state index in [1.54, 1.807) is 0 Å². The molecule has 0 aromatic heterocycles. The Balaban J connectivity index is 1.78. The predicted molar refractivity (Wildman–Crippen MR) is 74.4 cm³/mol. The van der Waals surface area contributed by atoms with Gasteiger partial charge in [-0.1, -0.05) is 13.8 Å². The Morgan fingerprint density at radius 3 is 2.22 bits per heavy atom. The molecule has 18 heavy (non-hydrogen) atoms. The molecule has 2 unspecified atom stereocenters. The van der Waals surface area contributed by atoms with Gasteiger partial charge in [-0.2, -0.15) is 0 Å².